The van der Waals surface area contributed by atoms with Crippen LogP contribution < -0.4 is 10.6 Å². The quantitative estimate of drug-likeness (QED) is 0.617. The number of nitrogens with zero attached hydrogens (tertiary/aromatic N) is 1. The zero-order valence-electron chi connectivity index (χ0n) is 14.6. The van der Waals surface area contributed by atoms with Gasteiger partial charge in [-0.1, -0.05) is 29.8 Å². The van der Waals surface area contributed by atoms with Gasteiger partial charge in [0.2, 0.25) is 5.91 Å². The van der Waals surface area contributed by atoms with Crippen LogP contribution in [0.5, 0.6) is 0 Å². The molecule has 1 fully saturated rings. The minimum atomic E-state index is -0.306. The standard InChI is InChI=1S/C20H25N3O2/c1-2-15-8-10-16(11-9-15)18(20(25)22-13-12-21)14-23-19(24)17-6-4-3-5-7-17/h2-7,16,18H,8-11,13-14H2,1H3,(H,22,25)(H,23,24). The average Bonchev–Trinajstić information content (AvgIpc) is 2.67. The molecule has 0 radical (unpaired) electrons. The molecule has 5 heteroatoms. The monoisotopic (exact) mass is 339 g/mol. The minimum absolute atomic E-state index is 0.00516. The highest BCUT2D eigenvalue weighted by atomic mass is 16.2. The van der Waals surface area contributed by atoms with Crippen LogP contribution in [0, 0.1) is 23.2 Å². The SMILES string of the molecule is CC=C1CCC(C(CNC(=O)c2ccccc2)C(=O)NCC#N)CC1. The number of amides is 2. The third kappa shape index (κ3) is 5.46. The van der Waals surface area contributed by atoms with Crippen molar-refractivity contribution in [2.75, 3.05) is 13.1 Å². The number of hydrogen-bond acceptors (Lipinski definition) is 3. The number of benzene rings is 1. The van der Waals surface area contributed by atoms with Crippen molar-refractivity contribution in [2.24, 2.45) is 11.8 Å². The maximum Gasteiger partial charge on any atom is 0.251 e. The lowest BCUT2D eigenvalue weighted by atomic mass is 9.77. The predicted molar refractivity (Wildman–Crippen MR) is 96.6 cm³/mol. The van der Waals surface area contributed by atoms with Gasteiger partial charge in [-0.2, -0.15) is 5.26 Å². The van der Waals surface area contributed by atoms with Gasteiger partial charge >= 0.3 is 0 Å². The third-order valence-corrected chi connectivity index (χ3v) is 4.85. The molecule has 1 aromatic rings. The second-order valence-corrected chi connectivity index (χ2v) is 6.34. The fourth-order valence-electron chi connectivity index (χ4n) is 3.33. The highest BCUT2D eigenvalue weighted by Crippen LogP contribution is 2.33. The fourth-order valence-corrected chi connectivity index (χ4v) is 3.33. The Morgan fingerprint density at radius 1 is 1.24 bits per heavy atom. The molecular weight excluding hydrogens is 314 g/mol. The zero-order valence-corrected chi connectivity index (χ0v) is 14.6. The first-order valence-electron chi connectivity index (χ1n) is 8.77. The van der Waals surface area contributed by atoms with Gasteiger partial charge in [-0.15, -0.1) is 0 Å². The molecule has 2 rings (SSSR count). The van der Waals surface area contributed by atoms with Gasteiger partial charge in [-0.3, -0.25) is 9.59 Å². The van der Waals surface area contributed by atoms with Crippen molar-refractivity contribution in [1.29, 1.82) is 5.26 Å². The van der Waals surface area contributed by atoms with Gasteiger partial charge in [0.1, 0.15) is 6.54 Å². The Balaban J connectivity index is 2.00. The van der Waals surface area contributed by atoms with E-state index in [1.807, 2.05) is 31.2 Å². The normalized spacial score (nSPS) is 17.9. The number of carbonyl (C=O) groups is 2. The maximum absolute atomic E-state index is 12.5. The van der Waals surface area contributed by atoms with Crippen molar-refractivity contribution in [3.8, 4) is 6.07 Å². The molecule has 1 saturated carbocycles. The van der Waals surface area contributed by atoms with Crippen LogP contribution in [0.4, 0.5) is 0 Å². The first kappa shape index (κ1) is 18.7. The van der Waals surface area contributed by atoms with Crippen molar-refractivity contribution in [1.82, 2.24) is 10.6 Å². The van der Waals surface area contributed by atoms with Crippen molar-refractivity contribution < 1.29 is 9.59 Å². The fraction of sp³-hybridized carbons (Fsp3) is 0.450. The summed E-state index contributed by atoms with van der Waals surface area (Å²) in [4.78, 5) is 24.7. The summed E-state index contributed by atoms with van der Waals surface area (Å²) in [6.07, 6.45) is 6.01. The molecule has 0 saturated heterocycles. The molecule has 132 valence electrons. The first-order chi connectivity index (χ1) is 12.2. The van der Waals surface area contributed by atoms with E-state index in [2.05, 4.69) is 16.7 Å². The summed E-state index contributed by atoms with van der Waals surface area (Å²) >= 11 is 0. The van der Waals surface area contributed by atoms with Gasteiger partial charge < -0.3 is 10.6 Å². The van der Waals surface area contributed by atoms with Gasteiger partial charge in [-0.05, 0) is 50.7 Å². The Bertz CT molecular complexity index is 651. The second-order valence-electron chi connectivity index (χ2n) is 6.34. The van der Waals surface area contributed by atoms with Crippen molar-refractivity contribution in [2.45, 2.75) is 32.6 Å². The average molecular weight is 339 g/mol. The second kappa shape index (κ2) is 9.63. The molecule has 5 nitrogen and oxygen atoms in total. The van der Waals surface area contributed by atoms with E-state index >= 15 is 0 Å². The molecule has 2 N–H and O–H groups in total. The van der Waals surface area contributed by atoms with E-state index in [1.165, 1.54) is 5.57 Å². The van der Waals surface area contributed by atoms with E-state index in [1.54, 1.807) is 12.1 Å². The molecule has 0 spiro atoms. The van der Waals surface area contributed by atoms with Gasteiger partial charge in [0.25, 0.3) is 5.91 Å². The largest absolute Gasteiger partial charge is 0.351 e. The number of rotatable bonds is 6. The molecule has 0 heterocycles. The smallest absolute Gasteiger partial charge is 0.251 e. The summed E-state index contributed by atoms with van der Waals surface area (Å²) in [6.45, 7) is 2.34. The molecule has 1 aromatic carbocycles. The summed E-state index contributed by atoms with van der Waals surface area (Å²) in [5, 5.41) is 14.2. The lowest BCUT2D eigenvalue weighted by Crippen LogP contribution is -2.43. The lowest BCUT2D eigenvalue weighted by molar-refractivity contribution is -0.126. The molecule has 2 amide bonds. The molecule has 0 aromatic heterocycles. The Hall–Kier alpha value is -2.61. The van der Waals surface area contributed by atoms with E-state index in [4.69, 9.17) is 5.26 Å². The lowest BCUT2D eigenvalue weighted by Gasteiger charge is -2.30. The molecule has 1 atom stereocenters. The van der Waals surface area contributed by atoms with Gasteiger partial charge in [0.15, 0.2) is 0 Å². The van der Waals surface area contributed by atoms with Crippen LogP contribution in [0.2, 0.25) is 0 Å². The topological polar surface area (TPSA) is 82.0 Å². The van der Waals surface area contributed by atoms with E-state index in [9.17, 15) is 9.59 Å². The van der Waals surface area contributed by atoms with Gasteiger partial charge in [0.05, 0.1) is 12.0 Å². The number of allylic oxidation sites excluding steroid dienone is 2. The van der Waals surface area contributed by atoms with E-state index in [0.29, 0.717) is 12.1 Å². The summed E-state index contributed by atoms with van der Waals surface area (Å²) in [5.41, 5.74) is 2.01. The number of nitriles is 1. The number of nitrogens with one attached hydrogen (secondary N) is 2. The maximum atomic E-state index is 12.5. The van der Waals surface area contributed by atoms with Crippen LogP contribution in [-0.2, 0) is 4.79 Å². The first-order valence-corrected chi connectivity index (χ1v) is 8.77. The van der Waals surface area contributed by atoms with Crippen LogP contribution in [-0.4, -0.2) is 24.9 Å². The van der Waals surface area contributed by atoms with Crippen LogP contribution >= 0.6 is 0 Å². The third-order valence-electron chi connectivity index (χ3n) is 4.85. The van der Waals surface area contributed by atoms with Crippen molar-refractivity contribution >= 4 is 11.8 Å². The molecule has 1 unspecified atom stereocenters. The summed E-state index contributed by atoms with van der Waals surface area (Å²) in [5.74, 6) is -0.412. The number of hydrogen-bond donors (Lipinski definition) is 2. The van der Waals surface area contributed by atoms with E-state index in [0.717, 1.165) is 25.7 Å². The van der Waals surface area contributed by atoms with Crippen molar-refractivity contribution in [3.05, 3.63) is 47.5 Å². The highest BCUT2D eigenvalue weighted by Gasteiger charge is 2.30. The van der Waals surface area contributed by atoms with Crippen molar-refractivity contribution in [3.63, 3.8) is 0 Å². The summed E-state index contributed by atoms with van der Waals surface area (Å²) in [7, 11) is 0. The minimum Gasteiger partial charge on any atom is -0.351 e. The molecule has 1 aliphatic carbocycles. The Morgan fingerprint density at radius 3 is 2.52 bits per heavy atom. The van der Waals surface area contributed by atoms with Crippen LogP contribution in [0.1, 0.15) is 43.0 Å². The van der Waals surface area contributed by atoms with Gasteiger partial charge in [-0.25, -0.2) is 0 Å². The van der Waals surface area contributed by atoms with Crippen LogP contribution in [0.15, 0.2) is 42.0 Å². The molecular formula is C20H25N3O2. The molecule has 0 aliphatic heterocycles. The summed E-state index contributed by atoms with van der Waals surface area (Å²) < 4.78 is 0. The van der Waals surface area contributed by atoms with Gasteiger partial charge in [0, 0.05) is 12.1 Å². The highest BCUT2D eigenvalue weighted by molar-refractivity contribution is 5.94. The van der Waals surface area contributed by atoms with E-state index < -0.39 is 0 Å². The Kier molecular flexibility index (Phi) is 7.21. The van der Waals surface area contributed by atoms with E-state index in [-0.39, 0.29) is 30.2 Å². The summed E-state index contributed by atoms with van der Waals surface area (Å²) in [6, 6.07) is 10.9. The zero-order chi connectivity index (χ0) is 18.1. The molecule has 0 bridgehead atoms. The predicted octanol–water partition coefficient (Wildman–Crippen LogP) is 2.81. The van der Waals surface area contributed by atoms with Crippen LogP contribution in [0.25, 0.3) is 0 Å². The molecule has 25 heavy (non-hydrogen) atoms. The Morgan fingerprint density at radius 2 is 1.92 bits per heavy atom. The molecule has 1 aliphatic rings. The Labute approximate surface area is 149 Å². The van der Waals surface area contributed by atoms with Crippen LogP contribution in [0.3, 0.4) is 0 Å². The number of carbonyl (C=O) groups excluding carboxylic acids is 2.